The lowest BCUT2D eigenvalue weighted by Gasteiger charge is -2.34. The Morgan fingerprint density at radius 2 is 2.41 bits per heavy atom. The van der Waals surface area contributed by atoms with Crippen molar-refractivity contribution in [2.24, 2.45) is 18.7 Å². The summed E-state index contributed by atoms with van der Waals surface area (Å²) in [5.74, 6) is 0.437. The van der Waals surface area contributed by atoms with Gasteiger partial charge >= 0.3 is 0 Å². The molecule has 5 nitrogen and oxygen atoms in total. The Kier molecular flexibility index (Phi) is 3.47. The molecule has 1 fully saturated rings. The second-order valence-corrected chi connectivity index (χ2v) is 4.94. The molecule has 2 rings (SSSR count). The van der Waals surface area contributed by atoms with Crippen LogP contribution in [0.15, 0.2) is 12.5 Å². The summed E-state index contributed by atoms with van der Waals surface area (Å²) in [6.07, 6.45) is 5.56. The number of nitrogens with two attached hydrogens (primary N) is 1. The molecule has 94 valence electrons. The zero-order valence-electron chi connectivity index (χ0n) is 10.5. The lowest BCUT2D eigenvalue weighted by molar-refractivity contribution is 0.0655. The van der Waals surface area contributed by atoms with E-state index in [-0.39, 0.29) is 11.9 Å². The Morgan fingerprint density at radius 3 is 3.00 bits per heavy atom. The molecule has 2 atom stereocenters. The SMILES string of the molecule is CC(N)C1CCCN(C(=O)c2cn(C)cn2)C1. The van der Waals surface area contributed by atoms with Gasteiger partial charge in [0.15, 0.2) is 0 Å². The molecular formula is C12H20N4O. The highest BCUT2D eigenvalue weighted by atomic mass is 16.2. The highest BCUT2D eigenvalue weighted by Crippen LogP contribution is 2.20. The van der Waals surface area contributed by atoms with Gasteiger partial charge in [-0.1, -0.05) is 0 Å². The molecule has 0 aliphatic carbocycles. The molecule has 1 aliphatic heterocycles. The van der Waals surface area contributed by atoms with E-state index in [1.54, 1.807) is 17.1 Å². The number of hydrogen-bond donors (Lipinski definition) is 1. The van der Waals surface area contributed by atoms with E-state index < -0.39 is 0 Å². The molecule has 0 radical (unpaired) electrons. The number of likely N-dealkylation sites (tertiary alicyclic amines) is 1. The van der Waals surface area contributed by atoms with Gasteiger partial charge in [-0.3, -0.25) is 4.79 Å². The van der Waals surface area contributed by atoms with Gasteiger partial charge in [-0.25, -0.2) is 4.98 Å². The molecule has 0 aromatic carbocycles. The lowest BCUT2D eigenvalue weighted by Crippen LogP contribution is -2.45. The van der Waals surface area contributed by atoms with Crippen LogP contribution < -0.4 is 5.73 Å². The highest BCUT2D eigenvalue weighted by Gasteiger charge is 2.27. The minimum atomic E-state index is 0.0240. The van der Waals surface area contributed by atoms with Crippen LogP contribution in [-0.2, 0) is 7.05 Å². The minimum absolute atomic E-state index is 0.0240. The van der Waals surface area contributed by atoms with Gasteiger partial charge in [0.1, 0.15) is 5.69 Å². The van der Waals surface area contributed by atoms with Crippen molar-refractivity contribution in [1.82, 2.24) is 14.5 Å². The van der Waals surface area contributed by atoms with Crippen molar-refractivity contribution in [3.8, 4) is 0 Å². The molecule has 2 N–H and O–H groups in total. The minimum Gasteiger partial charge on any atom is -0.340 e. The fourth-order valence-corrected chi connectivity index (χ4v) is 2.31. The van der Waals surface area contributed by atoms with Crippen LogP contribution in [0.3, 0.4) is 0 Å². The fourth-order valence-electron chi connectivity index (χ4n) is 2.31. The molecule has 0 saturated carbocycles. The first-order chi connectivity index (χ1) is 8.08. The van der Waals surface area contributed by atoms with E-state index in [0.717, 1.165) is 25.9 Å². The largest absolute Gasteiger partial charge is 0.340 e. The summed E-state index contributed by atoms with van der Waals surface area (Å²) in [5, 5.41) is 0. The quantitative estimate of drug-likeness (QED) is 0.818. The third-order valence-corrected chi connectivity index (χ3v) is 3.41. The number of carbonyl (C=O) groups excluding carboxylic acids is 1. The van der Waals surface area contributed by atoms with E-state index in [9.17, 15) is 4.79 Å². The molecule has 0 bridgehead atoms. The number of piperidine rings is 1. The zero-order valence-corrected chi connectivity index (χ0v) is 10.5. The average molecular weight is 236 g/mol. The van der Waals surface area contributed by atoms with Gasteiger partial charge < -0.3 is 15.2 Å². The molecule has 2 heterocycles. The molecule has 1 aromatic heterocycles. The van der Waals surface area contributed by atoms with Crippen LogP contribution in [0.25, 0.3) is 0 Å². The van der Waals surface area contributed by atoms with E-state index in [1.165, 1.54) is 0 Å². The standard InChI is InChI=1S/C12H20N4O/c1-9(13)10-4-3-5-16(6-10)12(17)11-7-15(2)8-14-11/h7-10H,3-6,13H2,1-2H3. The molecule has 1 saturated heterocycles. The van der Waals surface area contributed by atoms with E-state index in [2.05, 4.69) is 4.98 Å². The molecule has 2 unspecified atom stereocenters. The highest BCUT2D eigenvalue weighted by molar-refractivity contribution is 5.92. The third kappa shape index (κ3) is 2.66. The molecule has 1 aliphatic rings. The second kappa shape index (κ2) is 4.87. The first-order valence-electron chi connectivity index (χ1n) is 6.10. The summed E-state index contributed by atoms with van der Waals surface area (Å²) in [6.45, 7) is 3.59. The molecular weight excluding hydrogens is 216 g/mol. The number of carbonyl (C=O) groups is 1. The first kappa shape index (κ1) is 12.1. The van der Waals surface area contributed by atoms with E-state index in [0.29, 0.717) is 11.6 Å². The summed E-state index contributed by atoms with van der Waals surface area (Å²) in [4.78, 5) is 18.2. The fraction of sp³-hybridized carbons (Fsp3) is 0.667. The van der Waals surface area contributed by atoms with Crippen LogP contribution in [0.5, 0.6) is 0 Å². The number of imidazole rings is 1. The summed E-state index contributed by atoms with van der Waals surface area (Å²) in [7, 11) is 1.87. The molecule has 1 amide bonds. The van der Waals surface area contributed by atoms with Gasteiger partial charge in [0.25, 0.3) is 5.91 Å². The summed E-state index contributed by atoms with van der Waals surface area (Å²) in [6, 6.07) is 0.148. The number of aromatic nitrogens is 2. The lowest BCUT2D eigenvalue weighted by atomic mass is 9.92. The van der Waals surface area contributed by atoms with Crippen molar-refractivity contribution < 1.29 is 4.79 Å². The topological polar surface area (TPSA) is 64.2 Å². The predicted octanol–water partition coefficient (Wildman–Crippen LogP) is 0.619. The van der Waals surface area contributed by atoms with Gasteiger partial charge in [0.05, 0.1) is 6.33 Å². The Balaban J connectivity index is 2.04. The van der Waals surface area contributed by atoms with Gasteiger partial charge in [-0.05, 0) is 25.7 Å². The summed E-state index contributed by atoms with van der Waals surface area (Å²) in [5.41, 5.74) is 6.44. The molecule has 5 heteroatoms. The summed E-state index contributed by atoms with van der Waals surface area (Å²) >= 11 is 0. The number of hydrogen-bond acceptors (Lipinski definition) is 3. The Labute approximate surface area is 102 Å². The van der Waals surface area contributed by atoms with Crippen LogP contribution in [0.1, 0.15) is 30.3 Å². The normalized spacial score (nSPS) is 22.5. The molecule has 17 heavy (non-hydrogen) atoms. The first-order valence-corrected chi connectivity index (χ1v) is 6.10. The van der Waals surface area contributed by atoms with E-state index >= 15 is 0 Å². The Bertz CT molecular complexity index is 399. The zero-order chi connectivity index (χ0) is 12.4. The van der Waals surface area contributed by atoms with Crippen molar-refractivity contribution in [1.29, 1.82) is 0 Å². The predicted molar refractivity (Wildman–Crippen MR) is 65.5 cm³/mol. The van der Waals surface area contributed by atoms with Gasteiger partial charge in [0, 0.05) is 32.4 Å². The molecule has 0 spiro atoms. The molecule has 1 aromatic rings. The van der Waals surface area contributed by atoms with E-state index in [4.69, 9.17) is 5.73 Å². The smallest absolute Gasteiger partial charge is 0.274 e. The monoisotopic (exact) mass is 236 g/mol. The average Bonchev–Trinajstić information content (AvgIpc) is 2.75. The Hall–Kier alpha value is -1.36. The summed E-state index contributed by atoms with van der Waals surface area (Å²) < 4.78 is 1.79. The van der Waals surface area contributed by atoms with Crippen LogP contribution in [0.2, 0.25) is 0 Å². The number of aryl methyl sites for hydroxylation is 1. The van der Waals surface area contributed by atoms with Gasteiger partial charge in [-0.2, -0.15) is 0 Å². The van der Waals surface area contributed by atoms with Crippen molar-refractivity contribution >= 4 is 5.91 Å². The van der Waals surface area contributed by atoms with Crippen molar-refractivity contribution in [3.63, 3.8) is 0 Å². The number of amides is 1. The van der Waals surface area contributed by atoms with Crippen LogP contribution in [0, 0.1) is 5.92 Å². The second-order valence-electron chi connectivity index (χ2n) is 4.94. The van der Waals surface area contributed by atoms with Gasteiger partial charge in [-0.15, -0.1) is 0 Å². The van der Waals surface area contributed by atoms with Crippen molar-refractivity contribution in [3.05, 3.63) is 18.2 Å². The van der Waals surface area contributed by atoms with Gasteiger partial charge in [0.2, 0.25) is 0 Å². The maximum atomic E-state index is 12.2. The number of nitrogens with zero attached hydrogens (tertiary/aromatic N) is 3. The van der Waals surface area contributed by atoms with Crippen molar-refractivity contribution in [2.75, 3.05) is 13.1 Å². The Morgan fingerprint density at radius 1 is 1.65 bits per heavy atom. The third-order valence-electron chi connectivity index (χ3n) is 3.41. The van der Waals surface area contributed by atoms with Crippen LogP contribution in [-0.4, -0.2) is 39.5 Å². The number of rotatable bonds is 2. The van der Waals surface area contributed by atoms with Crippen molar-refractivity contribution in [2.45, 2.75) is 25.8 Å². The maximum Gasteiger partial charge on any atom is 0.274 e. The van der Waals surface area contributed by atoms with Crippen LogP contribution in [0.4, 0.5) is 0 Å². The maximum absolute atomic E-state index is 12.2. The van der Waals surface area contributed by atoms with Crippen LogP contribution >= 0.6 is 0 Å². The van der Waals surface area contributed by atoms with E-state index in [1.807, 2.05) is 18.9 Å².